The van der Waals surface area contributed by atoms with E-state index in [9.17, 15) is 9.18 Å². The highest BCUT2D eigenvalue weighted by Crippen LogP contribution is 2.39. The third-order valence-electron chi connectivity index (χ3n) is 5.77. The number of carbonyl (C=O) groups is 1. The summed E-state index contributed by atoms with van der Waals surface area (Å²) in [5.74, 6) is 0.828. The zero-order chi connectivity index (χ0) is 21.8. The lowest BCUT2D eigenvalue weighted by molar-refractivity contribution is 0.151. The lowest BCUT2D eigenvalue weighted by atomic mass is 10.0. The molecular weight excluding hydrogens is 433 g/mol. The van der Waals surface area contributed by atoms with Crippen LogP contribution in [0.15, 0.2) is 48.9 Å². The highest BCUT2D eigenvalue weighted by Gasteiger charge is 2.25. The fraction of sp³-hybridized carbons (Fsp3) is 0.130. The lowest BCUT2D eigenvalue weighted by Crippen LogP contribution is -2.21. The van der Waals surface area contributed by atoms with Gasteiger partial charge in [0.2, 0.25) is 0 Å². The number of carbonyl (C=O) groups excluding carboxylic acids is 1. The summed E-state index contributed by atoms with van der Waals surface area (Å²) in [5, 5.41) is 3.54. The molecule has 0 spiro atoms. The van der Waals surface area contributed by atoms with Gasteiger partial charge in [0.1, 0.15) is 30.4 Å². The van der Waals surface area contributed by atoms with Crippen LogP contribution < -0.4 is 10.2 Å². The molecule has 0 saturated carbocycles. The number of pyridine rings is 1. The number of fused-ring (bicyclic) bond motifs is 3. The van der Waals surface area contributed by atoms with Gasteiger partial charge in [0.15, 0.2) is 0 Å². The van der Waals surface area contributed by atoms with Crippen LogP contribution in [0.4, 0.5) is 26.5 Å². The number of anilines is 3. The van der Waals surface area contributed by atoms with Crippen molar-refractivity contribution in [3.63, 3.8) is 0 Å². The number of nitrogens with one attached hydrogen (secondary N) is 1. The minimum atomic E-state index is -0.504. The van der Waals surface area contributed by atoms with Crippen molar-refractivity contribution < 1.29 is 13.9 Å². The van der Waals surface area contributed by atoms with E-state index in [1.807, 2.05) is 29.2 Å². The number of aromatic nitrogens is 3. The number of hydrogen-bond acceptors (Lipinski definition) is 6. The van der Waals surface area contributed by atoms with E-state index in [1.165, 1.54) is 12.4 Å². The number of halogens is 2. The zero-order valence-corrected chi connectivity index (χ0v) is 17.4. The maximum atomic E-state index is 13.9. The van der Waals surface area contributed by atoms with E-state index >= 15 is 0 Å². The summed E-state index contributed by atoms with van der Waals surface area (Å²) in [7, 11) is 0. The van der Waals surface area contributed by atoms with Crippen molar-refractivity contribution in [1.82, 2.24) is 15.0 Å². The van der Waals surface area contributed by atoms with Crippen molar-refractivity contribution in [1.29, 1.82) is 0 Å². The van der Waals surface area contributed by atoms with E-state index in [1.54, 1.807) is 12.3 Å². The van der Waals surface area contributed by atoms with E-state index in [2.05, 4.69) is 20.3 Å². The molecule has 2 aromatic heterocycles. The number of nitrogens with zero attached hydrogens (tertiary/aromatic N) is 4. The molecule has 2 aliphatic rings. The van der Waals surface area contributed by atoms with Gasteiger partial charge in [-0.05, 0) is 47.9 Å². The lowest BCUT2D eigenvalue weighted by Gasteiger charge is -2.21. The third-order valence-corrected chi connectivity index (χ3v) is 6.06. The standard InChI is InChI=1S/C23H15ClFN5O2/c24-17-8-20-13(7-18(17)25)3-4-30(20)22-16-6-12(1-2-19(16)27-11-28-22)14-5-15-10-32-23(31)29-21(15)26-9-14/h1-2,5-9,11H,3-4,10H2,(H,26,29,31). The largest absolute Gasteiger partial charge is 0.444 e. The molecule has 0 unspecified atom stereocenters. The highest BCUT2D eigenvalue weighted by atomic mass is 35.5. The molecule has 0 radical (unpaired) electrons. The second-order valence-corrected chi connectivity index (χ2v) is 8.07. The Bertz CT molecular complexity index is 1430. The number of rotatable bonds is 2. The first-order chi connectivity index (χ1) is 15.6. The van der Waals surface area contributed by atoms with Crippen molar-refractivity contribution in [2.24, 2.45) is 0 Å². The average molecular weight is 448 g/mol. The molecule has 2 aromatic carbocycles. The Balaban J connectivity index is 1.45. The molecule has 2 aliphatic heterocycles. The molecule has 7 nitrogen and oxygen atoms in total. The van der Waals surface area contributed by atoms with Crippen LogP contribution in [-0.4, -0.2) is 27.6 Å². The molecule has 0 saturated heterocycles. The average Bonchev–Trinajstić information content (AvgIpc) is 3.20. The number of cyclic esters (lactones) is 1. The van der Waals surface area contributed by atoms with Crippen LogP contribution in [0.5, 0.6) is 0 Å². The number of benzene rings is 2. The summed E-state index contributed by atoms with van der Waals surface area (Å²) in [4.78, 5) is 26.8. The van der Waals surface area contributed by atoms with Gasteiger partial charge in [-0.1, -0.05) is 17.7 Å². The smallest absolute Gasteiger partial charge is 0.413 e. The molecule has 32 heavy (non-hydrogen) atoms. The van der Waals surface area contributed by atoms with Crippen LogP contribution in [0.25, 0.3) is 22.0 Å². The molecule has 1 N–H and O–H groups in total. The molecule has 0 bridgehead atoms. The Labute approximate surface area is 186 Å². The Hall–Kier alpha value is -3.78. The van der Waals surface area contributed by atoms with Crippen molar-refractivity contribution in [2.75, 3.05) is 16.8 Å². The van der Waals surface area contributed by atoms with E-state index in [0.717, 1.165) is 44.7 Å². The molecule has 0 aliphatic carbocycles. The van der Waals surface area contributed by atoms with Gasteiger partial charge in [-0.25, -0.2) is 24.1 Å². The zero-order valence-electron chi connectivity index (χ0n) is 16.6. The minimum absolute atomic E-state index is 0.0872. The van der Waals surface area contributed by atoms with E-state index in [4.69, 9.17) is 16.3 Å². The Morgan fingerprint density at radius 1 is 1.06 bits per heavy atom. The summed E-state index contributed by atoms with van der Waals surface area (Å²) in [6, 6.07) is 11.0. The monoisotopic (exact) mass is 447 g/mol. The van der Waals surface area contributed by atoms with E-state index < -0.39 is 11.9 Å². The Morgan fingerprint density at radius 2 is 1.97 bits per heavy atom. The van der Waals surface area contributed by atoms with Gasteiger partial charge >= 0.3 is 6.09 Å². The Kier molecular flexibility index (Phi) is 4.22. The summed E-state index contributed by atoms with van der Waals surface area (Å²) in [5.41, 5.74) is 5.16. The van der Waals surface area contributed by atoms with E-state index in [-0.39, 0.29) is 11.6 Å². The predicted octanol–water partition coefficient (Wildman–Crippen LogP) is 5.24. The van der Waals surface area contributed by atoms with Crippen molar-refractivity contribution in [3.05, 3.63) is 70.9 Å². The maximum Gasteiger partial charge on any atom is 0.413 e. The minimum Gasteiger partial charge on any atom is -0.444 e. The summed E-state index contributed by atoms with van der Waals surface area (Å²) in [6.45, 7) is 0.842. The quantitative estimate of drug-likeness (QED) is 0.452. The van der Waals surface area contributed by atoms with Gasteiger partial charge in [0.25, 0.3) is 0 Å². The van der Waals surface area contributed by atoms with E-state index in [0.29, 0.717) is 18.8 Å². The van der Waals surface area contributed by atoms with Crippen LogP contribution in [0, 0.1) is 5.82 Å². The topological polar surface area (TPSA) is 80.2 Å². The summed E-state index contributed by atoms with van der Waals surface area (Å²) >= 11 is 6.06. The molecule has 9 heteroatoms. The van der Waals surface area contributed by atoms with Gasteiger partial charge < -0.3 is 9.64 Å². The van der Waals surface area contributed by atoms with Gasteiger partial charge in [0.05, 0.1) is 10.5 Å². The van der Waals surface area contributed by atoms with Crippen LogP contribution in [0.3, 0.4) is 0 Å². The third kappa shape index (κ3) is 3.03. The molecule has 1 amide bonds. The summed E-state index contributed by atoms with van der Waals surface area (Å²) < 4.78 is 19.0. The SMILES string of the molecule is O=C1Nc2ncc(-c3ccc4ncnc(N5CCc6cc(F)c(Cl)cc65)c4c3)cc2CO1. The van der Waals surface area contributed by atoms with Gasteiger partial charge in [0, 0.05) is 34.9 Å². The van der Waals surface area contributed by atoms with Gasteiger partial charge in [-0.3, -0.25) is 5.32 Å². The Morgan fingerprint density at radius 3 is 2.88 bits per heavy atom. The van der Waals surface area contributed by atoms with Crippen LogP contribution in [0.1, 0.15) is 11.1 Å². The number of ether oxygens (including phenoxy) is 1. The van der Waals surface area contributed by atoms with Crippen molar-refractivity contribution in [2.45, 2.75) is 13.0 Å². The first kappa shape index (κ1) is 18.9. The maximum absolute atomic E-state index is 13.9. The molecule has 6 rings (SSSR count). The second-order valence-electron chi connectivity index (χ2n) is 7.66. The first-order valence-electron chi connectivity index (χ1n) is 10.00. The molecule has 158 valence electrons. The molecule has 4 aromatic rings. The van der Waals surface area contributed by atoms with Crippen LogP contribution in [0.2, 0.25) is 5.02 Å². The van der Waals surface area contributed by atoms with Crippen molar-refractivity contribution >= 4 is 45.9 Å². The van der Waals surface area contributed by atoms with Gasteiger partial charge in [-0.2, -0.15) is 0 Å². The fourth-order valence-electron chi connectivity index (χ4n) is 4.21. The normalized spacial score (nSPS) is 14.7. The molecular formula is C23H15ClFN5O2. The molecule has 0 atom stereocenters. The predicted molar refractivity (Wildman–Crippen MR) is 119 cm³/mol. The fourth-order valence-corrected chi connectivity index (χ4v) is 4.36. The second kappa shape index (κ2) is 7.13. The highest BCUT2D eigenvalue weighted by molar-refractivity contribution is 6.31. The number of amides is 1. The number of hydrogen-bond donors (Lipinski definition) is 1. The van der Waals surface area contributed by atoms with Crippen molar-refractivity contribution in [3.8, 4) is 11.1 Å². The molecule has 0 fully saturated rings. The van der Waals surface area contributed by atoms with Crippen LogP contribution in [-0.2, 0) is 17.8 Å². The summed E-state index contributed by atoms with van der Waals surface area (Å²) in [6.07, 6.45) is 3.44. The van der Waals surface area contributed by atoms with Crippen LogP contribution >= 0.6 is 11.6 Å². The van der Waals surface area contributed by atoms with Gasteiger partial charge in [-0.15, -0.1) is 0 Å². The molecule has 4 heterocycles. The first-order valence-corrected chi connectivity index (χ1v) is 10.4.